The number of rotatable bonds is 5. The molecule has 0 radical (unpaired) electrons. The molecule has 120 valence electrons. The first-order valence-electron chi connectivity index (χ1n) is 7.16. The van der Waals surface area contributed by atoms with Crippen LogP contribution in [0, 0.1) is 0 Å². The smallest absolute Gasteiger partial charge is 0.343 e. The third kappa shape index (κ3) is 4.66. The largest absolute Gasteiger partial charge is 0.490 e. The van der Waals surface area contributed by atoms with Gasteiger partial charge in [0.15, 0.2) is 5.78 Å². The van der Waals surface area contributed by atoms with E-state index in [0.717, 1.165) is 0 Å². The van der Waals surface area contributed by atoms with Crippen molar-refractivity contribution in [3.63, 3.8) is 0 Å². The van der Waals surface area contributed by atoms with E-state index in [1.165, 1.54) is 6.92 Å². The number of halogens is 1. The van der Waals surface area contributed by atoms with Crippen molar-refractivity contribution in [2.75, 3.05) is 0 Å². The van der Waals surface area contributed by atoms with Gasteiger partial charge >= 0.3 is 5.97 Å². The maximum Gasteiger partial charge on any atom is 0.343 e. The lowest BCUT2D eigenvalue weighted by Gasteiger charge is -2.12. The highest BCUT2D eigenvalue weighted by atomic mass is 79.9. The van der Waals surface area contributed by atoms with Crippen LogP contribution in [0.1, 0.15) is 41.5 Å². The lowest BCUT2D eigenvalue weighted by molar-refractivity contribution is 0.0734. The molecule has 4 nitrogen and oxygen atoms in total. The molecule has 0 aliphatic carbocycles. The highest BCUT2D eigenvalue weighted by Gasteiger charge is 2.12. The number of carbonyl (C=O) groups excluding carboxylic acids is 2. The minimum Gasteiger partial charge on any atom is -0.490 e. The van der Waals surface area contributed by atoms with Crippen LogP contribution in [0.2, 0.25) is 0 Å². The van der Waals surface area contributed by atoms with Crippen molar-refractivity contribution in [1.29, 1.82) is 0 Å². The zero-order chi connectivity index (χ0) is 17.0. The third-order valence-corrected chi connectivity index (χ3v) is 3.62. The molecule has 0 unspecified atom stereocenters. The van der Waals surface area contributed by atoms with E-state index in [9.17, 15) is 9.59 Å². The minimum absolute atomic E-state index is 0.0347. The Balaban J connectivity index is 2.11. The number of Topliss-reactive ketones (excluding diaryl/α,β-unsaturated/α-hetero) is 1. The third-order valence-electron chi connectivity index (χ3n) is 3.00. The van der Waals surface area contributed by atoms with Crippen molar-refractivity contribution in [3.8, 4) is 11.5 Å². The second kappa shape index (κ2) is 7.42. The standard InChI is InChI=1S/C18H17BrO4/c1-11(2)22-17-9-6-14(10-16(17)19)18(21)23-15-7-4-13(5-8-15)12(3)20/h4-11H,1-3H3. The van der Waals surface area contributed by atoms with Crippen molar-refractivity contribution in [2.24, 2.45) is 0 Å². The van der Waals surface area contributed by atoms with Crippen molar-refractivity contribution in [2.45, 2.75) is 26.9 Å². The van der Waals surface area contributed by atoms with Gasteiger partial charge in [0.05, 0.1) is 16.1 Å². The Bertz CT molecular complexity index is 720. The predicted octanol–water partition coefficient (Wildman–Crippen LogP) is 4.66. The van der Waals surface area contributed by atoms with Gasteiger partial charge in [0.1, 0.15) is 11.5 Å². The first kappa shape index (κ1) is 17.2. The van der Waals surface area contributed by atoms with E-state index >= 15 is 0 Å². The molecule has 2 aromatic rings. The Morgan fingerprint density at radius 3 is 2.13 bits per heavy atom. The Morgan fingerprint density at radius 1 is 1.00 bits per heavy atom. The Hall–Kier alpha value is -2.14. The van der Waals surface area contributed by atoms with Crippen molar-refractivity contribution >= 4 is 27.7 Å². The van der Waals surface area contributed by atoms with E-state index in [4.69, 9.17) is 9.47 Å². The maximum absolute atomic E-state index is 12.2. The molecule has 0 N–H and O–H groups in total. The second-order valence-electron chi connectivity index (χ2n) is 5.28. The van der Waals surface area contributed by atoms with E-state index in [2.05, 4.69) is 15.9 Å². The number of esters is 1. The summed E-state index contributed by atoms with van der Waals surface area (Å²) >= 11 is 3.38. The lowest BCUT2D eigenvalue weighted by Crippen LogP contribution is -2.10. The van der Waals surface area contributed by atoms with Gasteiger partial charge in [0.2, 0.25) is 0 Å². The molecule has 0 saturated carbocycles. The van der Waals surface area contributed by atoms with Crippen molar-refractivity contribution < 1.29 is 19.1 Å². The van der Waals surface area contributed by atoms with Crippen molar-refractivity contribution in [1.82, 2.24) is 0 Å². The van der Waals surface area contributed by atoms with E-state index in [-0.39, 0.29) is 11.9 Å². The summed E-state index contributed by atoms with van der Waals surface area (Å²) in [6, 6.07) is 11.5. The molecule has 5 heteroatoms. The Labute approximate surface area is 143 Å². The quantitative estimate of drug-likeness (QED) is 0.432. The first-order chi connectivity index (χ1) is 10.9. The molecule has 0 aliphatic heterocycles. The Kier molecular flexibility index (Phi) is 5.55. The molecular weight excluding hydrogens is 360 g/mol. The SMILES string of the molecule is CC(=O)c1ccc(OC(=O)c2ccc(OC(C)C)c(Br)c2)cc1. The molecule has 23 heavy (non-hydrogen) atoms. The molecule has 0 fully saturated rings. The highest BCUT2D eigenvalue weighted by Crippen LogP contribution is 2.27. The van der Waals surface area contributed by atoms with Crippen LogP contribution in [0.3, 0.4) is 0 Å². The molecule has 0 bridgehead atoms. The number of hydrogen-bond acceptors (Lipinski definition) is 4. The Morgan fingerprint density at radius 2 is 1.61 bits per heavy atom. The summed E-state index contributed by atoms with van der Waals surface area (Å²) in [5, 5.41) is 0. The number of benzene rings is 2. The number of ether oxygens (including phenoxy) is 2. The van der Waals surface area contributed by atoms with Crippen molar-refractivity contribution in [3.05, 3.63) is 58.1 Å². The summed E-state index contributed by atoms with van der Waals surface area (Å²) in [6.07, 6.45) is 0.0453. The average Bonchev–Trinajstić information content (AvgIpc) is 2.49. The second-order valence-corrected chi connectivity index (χ2v) is 6.14. The number of hydrogen-bond donors (Lipinski definition) is 0. The predicted molar refractivity (Wildman–Crippen MR) is 91.3 cm³/mol. The van der Waals surface area contributed by atoms with E-state index < -0.39 is 5.97 Å². The number of ketones is 1. The van der Waals surface area contributed by atoms with Crippen LogP contribution in [0.5, 0.6) is 11.5 Å². The summed E-state index contributed by atoms with van der Waals surface area (Å²) in [5.41, 5.74) is 0.978. The van der Waals surface area contributed by atoms with Gasteiger partial charge in [-0.2, -0.15) is 0 Å². The molecule has 0 heterocycles. The van der Waals surface area contributed by atoms with Gasteiger partial charge in [-0.25, -0.2) is 4.79 Å². The molecule has 0 aliphatic rings. The van der Waals surface area contributed by atoms with Crippen LogP contribution in [0.25, 0.3) is 0 Å². The maximum atomic E-state index is 12.2. The van der Waals surface area contributed by atoms with Crippen LogP contribution in [-0.2, 0) is 0 Å². The fourth-order valence-electron chi connectivity index (χ4n) is 1.90. The molecule has 2 aromatic carbocycles. The zero-order valence-corrected chi connectivity index (χ0v) is 14.7. The highest BCUT2D eigenvalue weighted by molar-refractivity contribution is 9.10. The summed E-state index contributed by atoms with van der Waals surface area (Å²) in [4.78, 5) is 23.4. The molecule has 0 saturated heterocycles. The van der Waals surface area contributed by atoms with Crippen LogP contribution >= 0.6 is 15.9 Å². The summed E-state index contributed by atoms with van der Waals surface area (Å²) in [7, 11) is 0. The summed E-state index contributed by atoms with van der Waals surface area (Å²) in [6.45, 7) is 5.35. The van der Waals surface area contributed by atoms with E-state index in [1.54, 1.807) is 42.5 Å². The minimum atomic E-state index is -0.475. The summed E-state index contributed by atoms with van der Waals surface area (Å²) < 4.78 is 11.6. The molecule has 0 atom stereocenters. The monoisotopic (exact) mass is 376 g/mol. The van der Waals surface area contributed by atoms with Crippen LogP contribution in [-0.4, -0.2) is 17.9 Å². The lowest BCUT2D eigenvalue weighted by atomic mass is 10.1. The van der Waals surface area contributed by atoms with Gasteiger partial charge in [0.25, 0.3) is 0 Å². The zero-order valence-electron chi connectivity index (χ0n) is 13.1. The summed E-state index contributed by atoms with van der Waals surface area (Å²) in [5.74, 6) is 0.547. The topological polar surface area (TPSA) is 52.6 Å². The normalized spacial score (nSPS) is 10.5. The van der Waals surface area contributed by atoms with Gasteiger partial charge < -0.3 is 9.47 Å². The first-order valence-corrected chi connectivity index (χ1v) is 7.95. The van der Waals surface area contributed by atoms with E-state index in [1.807, 2.05) is 13.8 Å². The van der Waals surface area contributed by atoms with Gasteiger partial charge in [-0.05, 0) is 79.2 Å². The molecule has 0 amide bonds. The van der Waals surface area contributed by atoms with Crippen LogP contribution < -0.4 is 9.47 Å². The average molecular weight is 377 g/mol. The number of carbonyl (C=O) groups is 2. The van der Waals surface area contributed by atoms with Crippen LogP contribution in [0.4, 0.5) is 0 Å². The van der Waals surface area contributed by atoms with Gasteiger partial charge in [0, 0.05) is 5.56 Å². The van der Waals surface area contributed by atoms with Gasteiger partial charge in [-0.3, -0.25) is 4.79 Å². The molecular formula is C18H17BrO4. The van der Waals surface area contributed by atoms with Crippen LogP contribution in [0.15, 0.2) is 46.9 Å². The van der Waals surface area contributed by atoms with E-state index in [0.29, 0.717) is 27.1 Å². The van der Waals surface area contributed by atoms with Gasteiger partial charge in [-0.1, -0.05) is 0 Å². The van der Waals surface area contributed by atoms with Gasteiger partial charge in [-0.15, -0.1) is 0 Å². The molecule has 0 spiro atoms. The molecule has 0 aromatic heterocycles. The fraction of sp³-hybridized carbons (Fsp3) is 0.222. The fourth-order valence-corrected chi connectivity index (χ4v) is 2.37. The molecule has 2 rings (SSSR count).